The molecule has 6 heteroatoms. The molecule has 0 spiro atoms. The first-order valence-corrected chi connectivity index (χ1v) is 13.2. The average molecular weight is 495 g/mol. The van der Waals surface area contributed by atoms with Crippen LogP contribution < -0.4 is 4.74 Å². The second-order valence-electron chi connectivity index (χ2n) is 10.2. The van der Waals surface area contributed by atoms with E-state index in [0.29, 0.717) is 56.5 Å². The molecular formula is C30H42N2O4. The van der Waals surface area contributed by atoms with E-state index in [1.54, 1.807) is 7.11 Å². The van der Waals surface area contributed by atoms with Crippen molar-refractivity contribution in [1.82, 2.24) is 9.80 Å². The number of hydrogen-bond acceptors (Lipinski definition) is 4. The van der Waals surface area contributed by atoms with Gasteiger partial charge >= 0.3 is 0 Å². The summed E-state index contributed by atoms with van der Waals surface area (Å²) in [5.74, 6) is 1.08. The lowest BCUT2D eigenvalue weighted by atomic mass is 10.0. The molecule has 2 amide bonds. The Labute approximate surface area is 216 Å². The van der Waals surface area contributed by atoms with Crippen LogP contribution >= 0.6 is 0 Å². The van der Waals surface area contributed by atoms with E-state index < -0.39 is 0 Å². The van der Waals surface area contributed by atoms with E-state index in [0.717, 1.165) is 31.2 Å². The van der Waals surface area contributed by atoms with Gasteiger partial charge in [-0.3, -0.25) is 9.59 Å². The fraction of sp³-hybridized carbons (Fsp3) is 0.533. The third kappa shape index (κ3) is 8.09. The van der Waals surface area contributed by atoms with Crippen LogP contribution in [0.25, 0.3) is 0 Å². The lowest BCUT2D eigenvalue weighted by molar-refractivity contribution is -0.134. The number of carbonyl (C=O) groups is 2. The molecule has 3 rings (SSSR count). The summed E-state index contributed by atoms with van der Waals surface area (Å²) in [4.78, 5) is 30.9. The van der Waals surface area contributed by atoms with Gasteiger partial charge < -0.3 is 19.3 Å². The van der Waals surface area contributed by atoms with E-state index >= 15 is 0 Å². The molecule has 1 heterocycles. The molecule has 0 aromatic heterocycles. The molecule has 2 aromatic rings. The molecular weight excluding hydrogens is 452 g/mol. The predicted octanol–water partition coefficient (Wildman–Crippen LogP) is 5.13. The maximum atomic E-state index is 13.6. The number of methoxy groups -OCH3 is 1. The van der Waals surface area contributed by atoms with Crippen molar-refractivity contribution < 1.29 is 19.1 Å². The number of carbonyl (C=O) groups excluding carboxylic acids is 2. The van der Waals surface area contributed by atoms with Crippen LogP contribution in [-0.4, -0.2) is 67.6 Å². The quantitative estimate of drug-likeness (QED) is 0.535. The Bertz CT molecular complexity index is 973. The fourth-order valence-electron chi connectivity index (χ4n) is 4.73. The second kappa shape index (κ2) is 14.0. The van der Waals surface area contributed by atoms with Crippen LogP contribution in [0.5, 0.6) is 5.75 Å². The summed E-state index contributed by atoms with van der Waals surface area (Å²) in [6, 6.07) is 15.6. The van der Waals surface area contributed by atoms with E-state index in [4.69, 9.17) is 9.47 Å². The highest BCUT2D eigenvalue weighted by molar-refractivity contribution is 5.97. The highest BCUT2D eigenvalue weighted by Gasteiger charge is 2.27. The number of rotatable bonds is 7. The van der Waals surface area contributed by atoms with Crippen molar-refractivity contribution in [2.75, 3.05) is 40.0 Å². The molecule has 0 aliphatic carbocycles. The van der Waals surface area contributed by atoms with Crippen molar-refractivity contribution in [3.63, 3.8) is 0 Å². The number of fused-ring (bicyclic) bond motifs is 1. The molecule has 0 fully saturated rings. The number of aryl methyl sites for hydroxylation is 1. The first-order valence-electron chi connectivity index (χ1n) is 13.2. The Morgan fingerprint density at radius 1 is 1.06 bits per heavy atom. The van der Waals surface area contributed by atoms with Crippen LogP contribution in [0.1, 0.15) is 61.0 Å². The SMILES string of the molecule is COCCN1CCCCCN(C(=O)Cc2ccc(C)cc2)[C@@H](CC(C)C)COc2ccccc2C1=O. The van der Waals surface area contributed by atoms with Gasteiger partial charge in [0.05, 0.1) is 24.6 Å². The molecule has 0 N–H and O–H groups in total. The van der Waals surface area contributed by atoms with Gasteiger partial charge in [-0.2, -0.15) is 0 Å². The van der Waals surface area contributed by atoms with Gasteiger partial charge in [0.25, 0.3) is 5.91 Å². The highest BCUT2D eigenvalue weighted by Crippen LogP contribution is 2.24. The number of ether oxygens (including phenoxy) is 2. The normalized spacial score (nSPS) is 17.6. The first kappa shape index (κ1) is 27.7. The number of benzene rings is 2. The van der Waals surface area contributed by atoms with E-state index in [-0.39, 0.29) is 17.9 Å². The van der Waals surface area contributed by atoms with Gasteiger partial charge in [-0.25, -0.2) is 0 Å². The Balaban J connectivity index is 1.87. The highest BCUT2D eigenvalue weighted by atomic mass is 16.5. The van der Waals surface area contributed by atoms with Gasteiger partial charge in [0, 0.05) is 26.7 Å². The topological polar surface area (TPSA) is 59.1 Å². The number of nitrogens with zero attached hydrogens (tertiary/aromatic N) is 2. The number of hydrogen-bond donors (Lipinski definition) is 0. The molecule has 196 valence electrons. The van der Waals surface area contributed by atoms with Crippen molar-refractivity contribution in [2.45, 2.75) is 58.9 Å². The minimum Gasteiger partial charge on any atom is -0.491 e. The smallest absolute Gasteiger partial charge is 0.257 e. The standard InChI is InChI=1S/C30H42N2O4/c1-23(2)20-26-22-36-28-11-7-6-10-27(28)30(34)31(18-19-35-4)16-8-5-9-17-32(26)29(33)21-25-14-12-24(3)13-15-25/h6-7,10-15,23,26H,5,8-9,16-22H2,1-4H3/t26-/m0/s1. The van der Waals surface area contributed by atoms with E-state index in [1.165, 1.54) is 5.56 Å². The van der Waals surface area contributed by atoms with Gasteiger partial charge in [-0.1, -0.05) is 55.8 Å². The van der Waals surface area contributed by atoms with E-state index in [9.17, 15) is 9.59 Å². The summed E-state index contributed by atoms with van der Waals surface area (Å²) in [6.07, 6.45) is 3.95. The Hall–Kier alpha value is -2.86. The van der Waals surface area contributed by atoms with Crippen LogP contribution in [0, 0.1) is 12.8 Å². The molecule has 0 unspecified atom stereocenters. The van der Waals surface area contributed by atoms with Crippen LogP contribution in [0.15, 0.2) is 48.5 Å². The molecule has 1 aliphatic heterocycles. The fourth-order valence-corrected chi connectivity index (χ4v) is 4.73. The van der Waals surface area contributed by atoms with Gasteiger partial charge in [0.2, 0.25) is 5.91 Å². The summed E-state index contributed by atoms with van der Waals surface area (Å²) < 4.78 is 11.6. The summed E-state index contributed by atoms with van der Waals surface area (Å²) in [6.45, 7) is 9.15. The molecule has 0 saturated heterocycles. The maximum Gasteiger partial charge on any atom is 0.257 e. The molecule has 36 heavy (non-hydrogen) atoms. The van der Waals surface area contributed by atoms with E-state index in [1.807, 2.05) is 46.2 Å². The Morgan fingerprint density at radius 3 is 2.50 bits per heavy atom. The van der Waals surface area contributed by atoms with Crippen molar-refractivity contribution in [1.29, 1.82) is 0 Å². The molecule has 2 aromatic carbocycles. The molecule has 6 nitrogen and oxygen atoms in total. The van der Waals surface area contributed by atoms with Crippen LogP contribution in [0.2, 0.25) is 0 Å². The number of para-hydroxylation sites is 1. The summed E-state index contributed by atoms with van der Waals surface area (Å²) in [5, 5.41) is 0. The van der Waals surface area contributed by atoms with Gasteiger partial charge in [0.15, 0.2) is 0 Å². The molecule has 0 radical (unpaired) electrons. The van der Waals surface area contributed by atoms with E-state index in [2.05, 4.69) is 32.9 Å². The monoisotopic (exact) mass is 494 g/mol. The third-order valence-electron chi connectivity index (χ3n) is 6.71. The molecule has 1 atom stereocenters. The van der Waals surface area contributed by atoms with Crippen LogP contribution in [0.3, 0.4) is 0 Å². The van der Waals surface area contributed by atoms with Gasteiger partial charge in [-0.15, -0.1) is 0 Å². The van der Waals surface area contributed by atoms with Gasteiger partial charge in [-0.05, 0) is 56.2 Å². The lowest BCUT2D eigenvalue weighted by Crippen LogP contribution is -2.45. The van der Waals surface area contributed by atoms with Crippen LogP contribution in [-0.2, 0) is 16.0 Å². The van der Waals surface area contributed by atoms with Crippen molar-refractivity contribution in [3.05, 3.63) is 65.2 Å². The predicted molar refractivity (Wildman–Crippen MR) is 143 cm³/mol. The minimum atomic E-state index is -0.0588. The summed E-state index contributed by atoms with van der Waals surface area (Å²) in [5.41, 5.74) is 2.78. The zero-order chi connectivity index (χ0) is 25.9. The first-order chi connectivity index (χ1) is 17.4. The van der Waals surface area contributed by atoms with Crippen molar-refractivity contribution >= 4 is 11.8 Å². The van der Waals surface area contributed by atoms with Gasteiger partial charge in [0.1, 0.15) is 12.4 Å². The summed E-state index contributed by atoms with van der Waals surface area (Å²) >= 11 is 0. The number of amides is 2. The third-order valence-corrected chi connectivity index (χ3v) is 6.71. The van der Waals surface area contributed by atoms with Crippen LogP contribution in [0.4, 0.5) is 0 Å². The largest absolute Gasteiger partial charge is 0.491 e. The Kier molecular flexibility index (Phi) is 10.8. The minimum absolute atomic E-state index is 0.0328. The Morgan fingerprint density at radius 2 is 1.78 bits per heavy atom. The van der Waals surface area contributed by atoms with Crippen molar-refractivity contribution in [2.24, 2.45) is 5.92 Å². The molecule has 0 saturated carbocycles. The average Bonchev–Trinajstić information content (AvgIpc) is 2.87. The second-order valence-corrected chi connectivity index (χ2v) is 10.2. The van der Waals surface area contributed by atoms with Crippen molar-refractivity contribution in [3.8, 4) is 5.75 Å². The molecule has 1 aliphatic rings. The zero-order valence-corrected chi connectivity index (χ0v) is 22.4. The molecule has 0 bridgehead atoms. The summed E-state index contributed by atoms with van der Waals surface area (Å²) in [7, 11) is 1.65. The maximum absolute atomic E-state index is 13.6. The zero-order valence-electron chi connectivity index (χ0n) is 22.4. The lowest BCUT2D eigenvalue weighted by Gasteiger charge is -2.33.